The molecule has 82 valence electrons. The van der Waals surface area contributed by atoms with Gasteiger partial charge in [0.25, 0.3) is 0 Å². The van der Waals surface area contributed by atoms with Crippen molar-refractivity contribution in [2.75, 3.05) is 12.4 Å². The molecule has 6 heteroatoms. The zero-order valence-corrected chi connectivity index (χ0v) is 8.78. The Morgan fingerprint density at radius 1 is 1.60 bits per heavy atom. The molecule has 0 aliphatic heterocycles. The van der Waals surface area contributed by atoms with Gasteiger partial charge in [-0.25, -0.2) is 4.98 Å². The van der Waals surface area contributed by atoms with E-state index in [0.717, 1.165) is 0 Å². The Morgan fingerprint density at radius 2 is 2.33 bits per heavy atom. The van der Waals surface area contributed by atoms with Gasteiger partial charge >= 0.3 is 0 Å². The molecule has 0 saturated heterocycles. The Balaban J connectivity index is 2.53. The molecule has 5 nitrogen and oxygen atoms in total. The molecular formula is C9H12N2O3S. The van der Waals surface area contributed by atoms with Gasteiger partial charge in [0.2, 0.25) is 5.91 Å². The maximum atomic E-state index is 10.7. The molecule has 0 aliphatic rings. The molecule has 4 N–H and O–H groups in total. The van der Waals surface area contributed by atoms with E-state index in [2.05, 4.69) is 4.98 Å². The first kappa shape index (κ1) is 12.0. The van der Waals surface area contributed by atoms with Crippen LogP contribution in [0.2, 0.25) is 0 Å². The molecule has 0 aromatic carbocycles. The number of thioether (sulfide) groups is 1. The van der Waals surface area contributed by atoms with Crippen LogP contribution in [0.3, 0.4) is 0 Å². The highest BCUT2D eigenvalue weighted by molar-refractivity contribution is 7.99. The standard InChI is InChI=1S/C9H12N2O3S/c10-9(14)6-1-2-8(11-3-6)15-5-7(13)4-12/h1-3,7,12-13H,4-5H2,(H2,10,14). The van der Waals surface area contributed by atoms with Crippen molar-refractivity contribution in [3.63, 3.8) is 0 Å². The summed E-state index contributed by atoms with van der Waals surface area (Å²) >= 11 is 1.30. The second-order valence-corrected chi connectivity index (χ2v) is 3.94. The number of nitrogens with two attached hydrogens (primary N) is 1. The van der Waals surface area contributed by atoms with Gasteiger partial charge in [0.1, 0.15) is 0 Å². The van der Waals surface area contributed by atoms with E-state index in [9.17, 15) is 4.79 Å². The average molecular weight is 228 g/mol. The van der Waals surface area contributed by atoms with Crippen LogP contribution in [0, 0.1) is 0 Å². The molecule has 1 amide bonds. The minimum atomic E-state index is -0.757. The van der Waals surface area contributed by atoms with Gasteiger partial charge in [0.05, 0.1) is 23.3 Å². The van der Waals surface area contributed by atoms with Crippen molar-refractivity contribution in [2.24, 2.45) is 5.73 Å². The van der Waals surface area contributed by atoms with Gasteiger partial charge in [-0.1, -0.05) is 0 Å². The third-order valence-electron chi connectivity index (χ3n) is 1.66. The summed E-state index contributed by atoms with van der Waals surface area (Å²) < 4.78 is 0. The van der Waals surface area contributed by atoms with Crippen LogP contribution in [-0.4, -0.2) is 39.6 Å². The molecule has 1 heterocycles. The minimum Gasteiger partial charge on any atom is -0.394 e. The fourth-order valence-corrected chi connectivity index (χ4v) is 1.61. The van der Waals surface area contributed by atoms with E-state index in [4.69, 9.17) is 15.9 Å². The van der Waals surface area contributed by atoms with Crippen molar-refractivity contribution in [1.82, 2.24) is 4.98 Å². The van der Waals surface area contributed by atoms with Crippen molar-refractivity contribution < 1.29 is 15.0 Å². The first-order valence-electron chi connectivity index (χ1n) is 4.31. The number of pyridine rings is 1. The number of aliphatic hydroxyl groups excluding tert-OH is 2. The lowest BCUT2D eigenvalue weighted by molar-refractivity contribution is 0.1000. The molecule has 0 saturated carbocycles. The summed E-state index contributed by atoms with van der Waals surface area (Å²) in [6.45, 7) is -0.271. The van der Waals surface area contributed by atoms with Crippen molar-refractivity contribution in [2.45, 2.75) is 11.1 Å². The molecule has 0 fully saturated rings. The van der Waals surface area contributed by atoms with E-state index in [1.165, 1.54) is 18.0 Å². The minimum absolute atomic E-state index is 0.271. The monoisotopic (exact) mass is 228 g/mol. The maximum absolute atomic E-state index is 10.7. The van der Waals surface area contributed by atoms with Gasteiger partial charge < -0.3 is 15.9 Å². The van der Waals surface area contributed by atoms with Crippen LogP contribution in [0.5, 0.6) is 0 Å². The zero-order chi connectivity index (χ0) is 11.3. The summed E-state index contributed by atoms with van der Waals surface area (Å²) in [6.07, 6.45) is 0.628. The average Bonchev–Trinajstić information content (AvgIpc) is 2.26. The smallest absolute Gasteiger partial charge is 0.250 e. The van der Waals surface area contributed by atoms with Gasteiger partial charge in [-0.3, -0.25) is 4.79 Å². The molecule has 0 radical (unpaired) electrons. The molecule has 1 rings (SSSR count). The fraction of sp³-hybridized carbons (Fsp3) is 0.333. The predicted molar refractivity (Wildman–Crippen MR) is 56.6 cm³/mol. The van der Waals surface area contributed by atoms with Crippen LogP contribution < -0.4 is 5.73 Å². The van der Waals surface area contributed by atoms with E-state index in [-0.39, 0.29) is 6.61 Å². The van der Waals surface area contributed by atoms with Crippen LogP contribution >= 0.6 is 11.8 Å². The molecule has 15 heavy (non-hydrogen) atoms. The summed E-state index contributed by atoms with van der Waals surface area (Å²) in [4.78, 5) is 14.7. The van der Waals surface area contributed by atoms with Crippen LogP contribution in [0.1, 0.15) is 10.4 Å². The van der Waals surface area contributed by atoms with Crippen LogP contribution in [0.25, 0.3) is 0 Å². The Bertz CT molecular complexity index is 329. The number of hydrogen-bond acceptors (Lipinski definition) is 5. The van der Waals surface area contributed by atoms with Gasteiger partial charge in [0, 0.05) is 11.9 Å². The van der Waals surface area contributed by atoms with Crippen LogP contribution in [0.4, 0.5) is 0 Å². The molecule has 0 spiro atoms. The van der Waals surface area contributed by atoms with Crippen molar-refractivity contribution in [3.05, 3.63) is 23.9 Å². The van der Waals surface area contributed by atoms with E-state index in [1.54, 1.807) is 12.1 Å². The summed E-state index contributed by atoms with van der Waals surface area (Å²) in [5.41, 5.74) is 5.40. The summed E-state index contributed by atoms with van der Waals surface area (Å²) in [5, 5.41) is 18.3. The Hall–Kier alpha value is -1.11. The lowest BCUT2D eigenvalue weighted by Crippen LogP contribution is -2.14. The topological polar surface area (TPSA) is 96.4 Å². The Morgan fingerprint density at radius 3 is 2.80 bits per heavy atom. The van der Waals surface area contributed by atoms with E-state index in [0.29, 0.717) is 16.3 Å². The van der Waals surface area contributed by atoms with E-state index >= 15 is 0 Å². The number of rotatable bonds is 5. The second kappa shape index (κ2) is 5.69. The summed E-state index contributed by atoms with van der Waals surface area (Å²) in [6, 6.07) is 3.22. The fourth-order valence-electron chi connectivity index (χ4n) is 0.846. The Kier molecular flexibility index (Phi) is 4.54. The van der Waals surface area contributed by atoms with E-state index < -0.39 is 12.0 Å². The number of nitrogens with zero attached hydrogens (tertiary/aromatic N) is 1. The van der Waals surface area contributed by atoms with Crippen molar-refractivity contribution >= 4 is 17.7 Å². The number of hydrogen-bond donors (Lipinski definition) is 3. The zero-order valence-electron chi connectivity index (χ0n) is 7.96. The number of aromatic nitrogens is 1. The highest BCUT2D eigenvalue weighted by Gasteiger charge is 2.05. The second-order valence-electron chi connectivity index (χ2n) is 2.90. The molecule has 1 aromatic rings. The van der Waals surface area contributed by atoms with Crippen molar-refractivity contribution in [3.8, 4) is 0 Å². The molecule has 0 bridgehead atoms. The van der Waals surface area contributed by atoms with Gasteiger partial charge in [0.15, 0.2) is 0 Å². The third kappa shape index (κ3) is 3.86. The van der Waals surface area contributed by atoms with Gasteiger partial charge in [-0.2, -0.15) is 0 Å². The highest BCUT2D eigenvalue weighted by atomic mass is 32.2. The first-order chi connectivity index (χ1) is 7.13. The largest absolute Gasteiger partial charge is 0.394 e. The van der Waals surface area contributed by atoms with Gasteiger partial charge in [-0.15, -0.1) is 11.8 Å². The normalized spacial score (nSPS) is 12.4. The molecular weight excluding hydrogens is 216 g/mol. The van der Waals surface area contributed by atoms with Crippen LogP contribution in [-0.2, 0) is 0 Å². The SMILES string of the molecule is NC(=O)c1ccc(SCC(O)CO)nc1. The first-order valence-corrected chi connectivity index (χ1v) is 5.29. The van der Waals surface area contributed by atoms with Crippen molar-refractivity contribution in [1.29, 1.82) is 0 Å². The molecule has 1 unspecified atom stereocenters. The number of primary amides is 1. The number of carbonyl (C=O) groups excluding carboxylic acids is 1. The molecule has 1 atom stereocenters. The summed E-state index contributed by atoms with van der Waals surface area (Å²) in [5.74, 6) is -0.159. The predicted octanol–water partition coefficient (Wildman–Crippen LogP) is -0.374. The van der Waals surface area contributed by atoms with Gasteiger partial charge in [-0.05, 0) is 12.1 Å². The van der Waals surface area contributed by atoms with Crippen LogP contribution in [0.15, 0.2) is 23.4 Å². The van der Waals surface area contributed by atoms with E-state index in [1.807, 2.05) is 0 Å². The maximum Gasteiger partial charge on any atom is 0.250 e. The summed E-state index contributed by atoms with van der Waals surface area (Å²) in [7, 11) is 0. The number of aliphatic hydroxyl groups is 2. The Labute approximate surface area is 91.3 Å². The third-order valence-corrected chi connectivity index (χ3v) is 2.74. The lowest BCUT2D eigenvalue weighted by Gasteiger charge is -2.05. The highest BCUT2D eigenvalue weighted by Crippen LogP contribution is 2.15. The quantitative estimate of drug-likeness (QED) is 0.597. The molecule has 1 aromatic heterocycles. The molecule has 0 aliphatic carbocycles. The number of carbonyl (C=O) groups is 1. The lowest BCUT2D eigenvalue weighted by atomic mass is 10.3. The number of amides is 1.